The molecule has 0 spiro atoms. The van der Waals surface area contributed by atoms with Gasteiger partial charge in [0.05, 0.1) is 12.8 Å². The van der Waals surface area contributed by atoms with Crippen LogP contribution >= 0.6 is 0 Å². The Balaban J connectivity index is 1.60. The Morgan fingerprint density at radius 2 is 1.93 bits per heavy atom. The molecule has 1 aliphatic rings. The number of benzene rings is 2. The molecule has 3 heterocycles. The first-order chi connectivity index (χ1) is 13.3. The molecule has 1 aliphatic heterocycles. The third kappa shape index (κ3) is 2.70. The second kappa shape index (κ2) is 6.39. The molecule has 134 valence electrons. The fourth-order valence-corrected chi connectivity index (χ4v) is 3.74. The topological polar surface area (TPSA) is 55.5 Å². The molecule has 27 heavy (non-hydrogen) atoms. The van der Waals surface area contributed by atoms with Gasteiger partial charge in [-0.25, -0.2) is 4.98 Å². The van der Waals surface area contributed by atoms with Crippen LogP contribution < -0.4 is 9.64 Å². The minimum atomic E-state index is 0.614. The lowest BCUT2D eigenvalue weighted by Gasteiger charge is -2.31. The van der Waals surface area contributed by atoms with Crippen LogP contribution in [0.3, 0.4) is 0 Å². The summed E-state index contributed by atoms with van der Waals surface area (Å²) in [5.74, 6) is 2.59. The van der Waals surface area contributed by atoms with Gasteiger partial charge in [0.2, 0.25) is 0 Å². The summed E-state index contributed by atoms with van der Waals surface area (Å²) >= 11 is 0. The standard InChI is InChI=1S/C21H19N5O/c1-27-19-9-5-8-16-13-25(11-10-17(16)19)20-12-18(15-6-3-2-4-7-15)24-21-22-14-23-26(20)21/h2-9,12,14H,10-11,13H2,1H3. The van der Waals surface area contributed by atoms with Gasteiger partial charge in [0, 0.05) is 30.3 Å². The first kappa shape index (κ1) is 15.8. The molecule has 2 aromatic carbocycles. The van der Waals surface area contributed by atoms with Crippen molar-refractivity contribution in [3.63, 3.8) is 0 Å². The highest BCUT2D eigenvalue weighted by atomic mass is 16.5. The first-order valence-corrected chi connectivity index (χ1v) is 8.99. The second-order valence-electron chi connectivity index (χ2n) is 6.61. The monoisotopic (exact) mass is 357 g/mol. The Kier molecular flexibility index (Phi) is 3.74. The smallest absolute Gasteiger partial charge is 0.254 e. The van der Waals surface area contributed by atoms with E-state index in [-0.39, 0.29) is 0 Å². The number of rotatable bonds is 3. The van der Waals surface area contributed by atoms with Crippen molar-refractivity contribution in [2.24, 2.45) is 0 Å². The van der Waals surface area contributed by atoms with Gasteiger partial charge in [-0.3, -0.25) is 0 Å². The molecule has 6 nitrogen and oxygen atoms in total. The highest BCUT2D eigenvalue weighted by molar-refractivity contribution is 5.66. The number of hydrogen-bond acceptors (Lipinski definition) is 5. The van der Waals surface area contributed by atoms with Crippen LogP contribution in [0.5, 0.6) is 5.75 Å². The van der Waals surface area contributed by atoms with Gasteiger partial charge in [-0.2, -0.15) is 14.6 Å². The summed E-state index contributed by atoms with van der Waals surface area (Å²) < 4.78 is 7.35. The maximum atomic E-state index is 5.53. The normalized spacial score (nSPS) is 13.6. The Morgan fingerprint density at radius 3 is 2.78 bits per heavy atom. The average Bonchev–Trinajstić information content (AvgIpc) is 3.21. The SMILES string of the molecule is COc1cccc2c1CCN(c1cc(-c3ccccc3)nc3ncnn13)C2. The Bertz CT molecular complexity index is 1110. The zero-order valence-electron chi connectivity index (χ0n) is 15.0. The summed E-state index contributed by atoms with van der Waals surface area (Å²) in [5, 5.41) is 4.40. The molecule has 0 fully saturated rings. The lowest BCUT2D eigenvalue weighted by atomic mass is 9.98. The number of hydrogen-bond donors (Lipinski definition) is 0. The van der Waals surface area contributed by atoms with E-state index in [2.05, 4.69) is 44.2 Å². The van der Waals surface area contributed by atoms with Crippen LogP contribution in [-0.2, 0) is 13.0 Å². The second-order valence-corrected chi connectivity index (χ2v) is 6.61. The molecule has 0 atom stereocenters. The minimum absolute atomic E-state index is 0.614. The number of aromatic nitrogens is 4. The highest BCUT2D eigenvalue weighted by Gasteiger charge is 2.22. The van der Waals surface area contributed by atoms with E-state index >= 15 is 0 Å². The van der Waals surface area contributed by atoms with Crippen LogP contribution in [-0.4, -0.2) is 33.2 Å². The van der Waals surface area contributed by atoms with E-state index in [9.17, 15) is 0 Å². The van der Waals surface area contributed by atoms with Crippen LogP contribution in [0.15, 0.2) is 60.9 Å². The maximum absolute atomic E-state index is 5.53. The highest BCUT2D eigenvalue weighted by Crippen LogP contribution is 2.31. The summed E-state index contributed by atoms with van der Waals surface area (Å²) in [6.07, 6.45) is 2.49. The van der Waals surface area contributed by atoms with Crippen LogP contribution in [0.1, 0.15) is 11.1 Å². The van der Waals surface area contributed by atoms with E-state index in [0.29, 0.717) is 5.78 Å². The molecular weight excluding hydrogens is 338 g/mol. The Hall–Kier alpha value is -3.41. The summed E-state index contributed by atoms with van der Waals surface area (Å²) in [4.78, 5) is 11.3. The quantitative estimate of drug-likeness (QED) is 0.563. The lowest BCUT2D eigenvalue weighted by molar-refractivity contribution is 0.407. The van der Waals surface area contributed by atoms with Crippen molar-refractivity contribution in [1.29, 1.82) is 0 Å². The molecule has 4 aromatic rings. The molecule has 6 heteroatoms. The predicted octanol–water partition coefficient (Wildman–Crippen LogP) is 3.36. The molecule has 0 unspecified atom stereocenters. The van der Waals surface area contributed by atoms with Crippen molar-refractivity contribution >= 4 is 11.6 Å². The largest absolute Gasteiger partial charge is 0.496 e. The molecule has 0 N–H and O–H groups in total. The lowest BCUT2D eigenvalue weighted by Crippen LogP contribution is -2.32. The van der Waals surface area contributed by atoms with Gasteiger partial charge in [-0.15, -0.1) is 0 Å². The molecule has 5 rings (SSSR count). The van der Waals surface area contributed by atoms with Gasteiger partial charge in [0.1, 0.15) is 17.9 Å². The van der Waals surface area contributed by atoms with E-state index in [1.807, 2.05) is 34.8 Å². The van der Waals surface area contributed by atoms with Crippen molar-refractivity contribution in [1.82, 2.24) is 19.6 Å². The average molecular weight is 357 g/mol. The number of ether oxygens (including phenoxy) is 1. The van der Waals surface area contributed by atoms with Gasteiger partial charge >= 0.3 is 0 Å². The first-order valence-electron chi connectivity index (χ1n) is 8.99. The van der Waals surface area contributed by atoms with Crippen molar-refractivity contribution < 1.29 is 4.74 Å². The van der Waals surface area contributed by atoms with Crippen LogP contribution in [0.4, 0.5) is 5.82 Å². The van der Waals surface area contributed by atoms with Crippen molar-refractivity contribution in [3.05, 3.63) is 72.1 Å². The Morgan fingerprint density at radius 1 is 1.04 bits per heavy atom. The third-order valence-corrected chi connectivity index (χ3v) is 5.07. The summed E-state index contributed by atoms with van der Waals surface area (Å²) in [6.45, 7) is 1.69. The molecule has 0 amide bonds. The summed E-state index contributed by atoms with van der Waals surface area (Å²) in [5.41, 5.74) is 4.56. The molecule has 2 aromatic heterocycles. The van der Waals surface area contributed by atoms with Crippen molar-refractivity contribution in [2.75, 3.05) is 18.6 Å². The number of nitrogens with zero attached hydrogens (tertiary/aromatic N) is 5. The number of anilines is 1. The van der Waals surface area contributed by atoms with E-state index in [1.54, 1.807) is 13.4 Å². The molecule has 0 bridgehead atoms. The summed E-state index contributed by atoms with van der Waals surface area (Å²) in [6, 6.07) is 18.5. The Labute approximate surface area is 157 Å². The molecule has 0 saturated carbocycles. The molecule has 0 aliphatic carbocycles. The van der Waals surface area contributed by atoms with Crippen molar-refractivity contribution in [3.8, 4) is 17.0 Å². The molecule has 0 radical (unpaired) electrons. The van der Waals surface area contributed by atoms with Crippen molar-refractivity contribution in [2.45, 2.75) is 13.0 Å². The van der Waals surface area contributed by atoms with Gasteiger partial charge in [-0.1, -0.05) is 42.5 Å². The van der Waals surface area contributed by atoms with Crippen LogP contribution in [0.2, 0.25) is 0 Å². The fourth-order valence-electron chi connectivity index (χ4n) is 3.74. The van der Waals surface area contributed by atoms with E-state index in [0.717, 1.165) is 42.3 Å². The molecular formula is C21H19N5O. The summed E-state index contributed by atoms with van der Waals surface area (Å²) in [7, 11) is 1.73. The zero-order valence-corrected chi connectivity index (χ0v) is 15.0. The minimum Gasteiger partial charge on any atom is -0.496 e. The van der Waals surface area contributed by atoms with Crippen LogP contribution in [0, 0.1) is 0 Å². The maximum Gasteiger partial charge on any atom is 0.254 e. The van der Waals surface area contributed by atoms with Gasteiger partial charge in [0.25, 0.3) is 5.78 Å². The third-order valence-electron chi connectivity index (χ3n) is 5.07. The number of methoxy groups -OCH3 is 1. The van der Waals surface area contributed by atoms with Crippen LogP contribution in [0.25, 0.3) is 17.0 Å². The van der Waals surface area contributed by atoms with E-state index in [1.165, 1.54) is 11.1 Å². The zero-order chi connectivity index (χ0) is 18.2. The van der Waals surface area contributed by atoms with Gasteiger partial charge in [-0.05, 0) is 18.1 Å². The van der Waals surface area contributed by atoms with Gasteiger partial charge < -0.3 is 9.64 Å². The fraction of sp³-hybridized carbons (Fsp3) is 0.190. The van der Waals surface area contributed by atoms with E-state index < -0.39 is 0 Å². The van der Waals surface area contributed by atoms with Gasteiger partial charge in [0.15, 0.2) is 0 Å². The van der Waals surface area contributed by atoms with E-state index in [4.69, 9.17) is 4.74 Å². The predicted molar refractivity (Wildman–Crippen MR) is 104 cm³/mol. The number of fused-ring (bicyclic) bond motifs is 2. The molecule has 0 saturated heterocycles.